The molecule has 3 nitrogen and oxygen atoms in total. The van der Waals surface area contributed by atoms with Crippen molar-refractivity contribution in [2.75, 3.05) is 25.5 Å². The lowest BCUT2D eigenvalue weighted by atomic mass is 10.2. The van der Waals surface area contributed by atoms with Gasteiger partial charge in [-0.3, -0.25) is 0 Å². The molecule has 0 aromatic carbocycles. The fourth-order valence-electron chi connectivity index (χ4n) is 1.47. The fourth-order valence-corrected chi connectivity index (χ4v) is 1.66. The summed E-state index contributed by atoms with van der Waals surface area (Å²) in [6.45, 7) is 6.48. The van der Waals surface area contributed by atoms with E-state index in [2.05, 4.69) is 36.1 Å². The maximum absolute atomic E-state index is 6.00. The molecular weight excluding hydrogens is 234 g/mol. The quantitative estimate of drug-likeness (QED) is 0.758. The predicted octanol–water partition coefficient (Wildman–Crippen LogP) is 3.27. The van der Waals surface area contributed by atoms with Crippen LogP contribution >= 0.6 is 11.6 Å². The summed E-state index contributed by atoms with van der Waals surface area (Å²) in [5.74, 6) is 0.784. The highest BCUT2D eigenvalue weighted by Gasteiger charge is 2.02. The Morgan fingerprint density at radius 3 is 2.82 bits per heavy atom. The third kappa shape index (κ3) is 5.37. The zero-order chi connectivity index (χ0) is 12.7. The zero-order valence-corrected chi connectivity index (χ0v) is 11.7. The molecule has 0 spiro atoms. The van der Waals surface area contributed by atoms with Gasteiger partial charge >= 0.3 is 0 Å². The van der Waals surface area contributed by atoms with Crippen molar-refractivity contribution in [1.29, 1.82) is 0 Å². The average molecular weight is 256 g/mol. The van der Waals surface area contributed by atoms with Crippen molar-refractivity contribution in [3.8, 4) is 0 Å². The van der Waals surface area contributed by atoms with Crippen molar-refractivity contribution in [3.05, 3.63) is 23.4 Å². The number of rotatable bonds is 7. The Morgan fingerprint density at radius 1 is 1.41 bits per heavy atom. The molecule has 96 valence electrons. The van der Waals surface area contributed by atoms with Gasteiger partial charge < -0.3 is 10.2 Å². The summed E-state index contributed by atoms with van der Waals surface area (Å²) < 4.78 is 0. The number of hydrogen-bond acceptors (Lipinski definition) is 3. The predicted molar refractivity (Wildman–Crippen MR) is 74.7 cm³/mol. The van der Waals surface area contributed by atoms with Crippen LogP contribution in [0.25, 0.3) is 0 Å². The molecular formula is C13H22ClN3. The molecule has 0 unspecified atom stereocenters. The Morgan fingerprint density at radius 2 is 2.18 bits per heavy atom. The van der Waals surface area contributed by atoms with E-state index in [1.54, 1.807) is 6.20 Å². The molecule has 1 rings (SSSR count). The van der Waals surface area contributed by atoms with Crippen molar-refractivity contribution < 1.29 is 0 Å². The van der Waals surface area contributed by atoms with Gasteiger partial charge in [0, 0.05) is 18.8 Å². The van der Waals surface area contributed by atoms with Gasteiger partial charge in [-0.05, 0) is 52.4 Å². The number of unbranched alkanes of at least 4 members (excludes halogenated alkanes) is 1. The smallest absolute Gasteiger partial charge is 0.144 e. The second-order valence-electron chi connectivity index (χ2n) is 4.54. The molecule has 0 saturated heterocycles. The number of anilines is 1. The summed E-state index contributed by atoms with van der Waals surface area (Å²) in [6.07, 6.45) is 4.07. The van der Waals surface area contributed by atoms with E-state index in [1.165, 1.54) is 6.42 Å². The molecule has 1 aromatic heterocycles. The molecule has 17 heavy (non-hydrogen) atoms. The third-order valence-corrected chi connectivity index (χ3v) is 3.18. The average Bonchev–Trinajstić information content (AvgIpc) is 2.30. The van der Waals surface area contributed by atoms with Crippen LogP contribution in [0.4, 0.5) is 5.82 Å². The Hall–Kier alpha value is -0.800. The van der Waals surface area contributed by atoms with Crippen LogP contribution in [0, 0.1) is 0 Å². The lowest BCUT2D eigenvalue weighted by Crippen LogP contribution is -2.27. The maximum Gasteiger partial charge on any atom is 0.144 e. The summed E-state index contributed by atoms with van der Waals surface area (Å²) in [6, 6.07) is 4.31. The molecule has 0 aliphatic carbocycles. The minimum atomic E-state index is 0.619. The number of nitrogens with zero attached hydrogens (tertiary/aromatic N) is 2. The molecule has 1 heterocycles. The summed E-state index contributed by atoms with van der Waals surface area (Å²) in [7, 11) is 2.16. The van der Waals surface area contributed by atoms with Crippen molar-refractivity contribution in [2.45, 2.75) is 32.7 Å². The largest absolute Gasteiger partial charge is 0.369 e. The molecule has 0 aliphatic rings. The van der Waals surface area contributed by atoms with E-state index in [9.17, 15) is 0 Å². The molecule has 0 amide bonds. The molecule has 0 atom stereocenters. The van der Waals surface area contributed by atoms with Crippen LogP contribution in [0.2, 0.25) is 5.02 Å². The number of hydrogen-bond donors (Lipinski definition) is 1. The van der Waals surface area contributed by atoms with Crippen molar-refractivity contribution in [2.24, 2.45) is 0 Å². The first-order valence-electron chi connectivity index (χ1n) is 6.16. The van der Waals surface area contributed by atoms with Crippen LogP contribution in [0.15, 0.2) is 18.3 Å². The Bertz CT molecular complexity index is 328. The summed E-state index contributed by atoms with van der Waals surface area (Å²) in [5, 5.41) is 3.94. The molecule has 1 aromatic rings. The summed E-state index contributed by atoms with van der Waals surface area (Å²) >= 11 is 6.00. The van der Waals surface area contributed by atoms with E-state index in [0.29, 0.717) is 11.1 Å². The van der Waals surface area contributed by atoms with Crippen LogP contribution in [-0.2, 0) is 0 Å². The van der Waals surface area contributed by atoms with Crippen LogP contribution in [0.5, 0.6) is 0 Å². The molecule has 0 aliphatic heterocycles. The molecule has 0 saturated carbocycles. The van der Waals surface area contributed by atoms with Gasteiger partial charge in [0.2, 0.25) is 0 Å². The zero-order valence-electron chi connectivity index (χ0n) is 10.9. The van der Waals surface area contributed by atoms with Crippen LogP contribution in [0.3, 0.4) is 0 Å². The van der Waals surface area contributed by atoms with Crippen molar-refractivity contribution in [3.63, 3.8) is 0 Å². The second-order valence-corrected chi connectivity index (χ2v) is 4.95. The molecule has 0 bridgehead atoms. The lowest BCUT2D eigenvalue weighted by molar-refractivity contribution is 0.269. The highest BCUT2D eigenvalue weighted by Crippen LogP contribution is 2.17. The van der Waals surface area contributed by atoms with Crippen molar-refractivity contribution in [1.82, 2.24) is 9.88 Å². The topological polar surface area (TPSA) is 28.2 Å². The fraction of sp³-hybridized carbons (Fsp3) is 0.615. The van der Waals surface area contributed by atoms with Gasteiger partial charge in [-0.1, -0.05) is 11.6 Å². The minimum Gasteiger partial charge on any atom is -0.369 e. The second kappa shape index (κ2) is 7.51. The van der Waals surface area contributed by atoms with E-state index in [0.717, 1.165) is 25.3 Å². The number of pyridine rings is 1. The SMILES string of the molecule is CC(C)N(C)CCCCNc1ncccc1Cl. The van der Waals surface area contributed by atoms with Crippen LogP contribution in [-0.4, -0.2) is 36.1 Å². The molecule has 4 heteroatoms. The van der Waals surface area contributed by atoms with Gasteiger partial charge in [0.05, 0.1) is 5.02 Å². The first-order valence-corrected chi connectivity index (χ1v) is 6.53. The lowest BCUT2D eigenvalue weighted by Gasteiger charge is -2.20. The molecule has 0 fully saturated rings. The van der Waals surface area contributed by atoms with Gasteiger partial charge in [0.15, 0.2) is 0 Å². The Labute approximate surface area is 109 Å². The first kappa shape index (κ1) is 14.3. The summed E-state index contributed by atoms with van der Waals surface area (Å²) in [5.41, 5.74) is 0. The van der Waals surface area contributed by atoms with Crippen LogP contribution < -0.4 is 5.32 Å². The van der Waals surface area contributed by atoms with Gasteiger partial charge in [-0.15, -0.1) is 0 Å². The van der Waals surface area contributed by atoms with Crippen molar-refractivity contribution >= 4 is 17.4 Å². The monoisotopic (exact) mass is 255 g/mol. The Balaban J connectivity index is 2.15. The highest BCUT2D eigenvalue weighted by molar-refractivity contribution is 6.32. The van der Waals surface area contributed by atoms with E-state index >= 15 is 0 Å². The molecule has 0 radical (unpaired) electrons. The van der Waals surface area contributed by atoms with E-state index in [4.69, 9.17) is 11.6 Å². The normalized spacial score (nSPS) is 11.2. The first-order chi connectivity index (χ1) is 8.11. The molecule has 1 N–H and O–H groups in total. The minimum absolute atomic E-state index is 0.619. The number of nitrogens with one attached hydrogen (secondary N) is 1. The van der Waals surface area contributed by atoms with Gasteiger partial charge in [0.1, 0.15) is 5.82 Å². The van der Waals surface area contributed by atoms with E-state index < -0.39 is 0 Å². The Kier molecular flexibility index (Phi) is 6.30. The highest BCUT2D eigenvalue weighted by atomic mass is 35.5. The summed E-state index contributed by atoms with van der Waals surface area (Å²) in [4.78, 5) is 6.54. The maximum atomic E-state index is 6.00. The van der Waals surface area contributed by atoms with E-state index in [-0.39, 0.29) is 0 Å². The van der Waals surface area contributed by atoms with Crippen LogP contribution in [0.1, 0.15) is 26.7 Å². The standard InChI is InChI=1S/C13H22ClN3/c1-11(2)17(3)10-5-4-8-15-13-12(14)7-6-9-16-13/h6-7,9,11H,4-5,8,10H2,1-3H3,(H,15,16). The van der Waals surface area contributed by atoms with E-state index in [1.807, 2.05) is 12.1 Å². The van der Waals surface area contributed by atoms with Gasteiger partial charge in [-0.25, -0.2) is 4.98 Å². The van der Waals surface area contributed by atoms with Gasteiger partial charge in [0.25, 0.3) is 0 Å². The number of aromatic nitrogens is 1. The number of halogens is 1. The van der Waals surface area contributed by atoms with Gasteiger partial charge in [-0.2, -0.15) is 0 Å². The third-order valence-electron chi connectivity index (χ3n) is 2.87.